The van der Waals surface area contributed by atoms with Crippen molar-refractivity contribution in [1.29, 1.82) is 0 Å². The lowest BCUT2D eigenvalue weighted by atomic mass is 9.97. The van der Waals surface area contributed by atoms with Crippen molar-refractivity contribution in [3.63, 3.8) is 0 Å². The molecule has 0 aliphatic carbocycles. The molecule has 1 fully saturated rings. The smallest absolute Gasteiger partial charge is 0.222 e. The number of nitrogens with two attached hydrogens (primary N) is 1. The Morgan fingerprint density at radius 2 is 2.10 bits per heavy atom. The Kier molecular flexibility index (Phi) is 7.87. The SMILES string of the molecule is CCNC(=NCc1cccnc1N1CCCC(C(N)=O)C1)NCc1ccc(C)cc1C. The van der Waals surface area contributed by atoms with E-state index in [0.29, 0.717) is 19.6 Å². The number of aliphatic imine (C=N–C) groups is 1. The van der Waals surface area contributed by atoms with Gasteiger partial charge in [0.1, 0.15) is 5.82 Å². The van der Waals surface area contributed by atoms with Crippen LogP contribution >= 0.6 is 0 Å². The summed E-state index contributed by atoms with van der Waals surface area (Å²) in [5.74, 6) is 1.31. The van der Waals surface area contributed by atoms with Crippen LogP contribution in [0.3, 0.4) is 0 Å². The van der Waals surface area contributed by atoms with Crippen LogP contribution in [0.25, 0.3) is 0 Å². The Hall–Kier alpha value is -3.09. The third-order valence-electron chi connectivity index (χ3n) is 5.69. The molecule has 31 heavy (non-hydrogen) atoms. The molecule has 1 amide bonds. The molecule has 0 bridgehead atoms. The van der Waals surface area contributed by atoms with Gasteiger partial charge >= 0.3 is 0 Å². The van der Waals surface area contributed by atoms with E-state index >= 15 is 0 Å². The Balaban J connectivity index is 1.71. The summed E-state index contributed by atoms with van der Waals surface area (Å²) in [6.07, 6.45) is 3.58. The van der Waals surface area contributed by atoms with Crippen LogP contribution in [-0.2, 0) is 17.9 Å². The van der Waals surface area contributed by atoms with Crippen molar-refractivity contribution in [2.24, 2.45) is 16.6 Å². The summed E-state index contributed by atoms with van der Waals surface area (Å²) >= 11 is 0. The summed E-state index contributed by atoms with van der Waals surface area (Å²) in [6.45, 7) is 9.79. The maximum absolute atomic E-state index is 11.7. The number of carbonyl (C=O) groups is 1. The minimum Gasteiger partial charge on any atom is -0.369 e. The van der Waals surface area contributed by atoms with Gasteiger partial charge in [-0.05, 0) is 50.8 Å². The average molecular weight is 423 g/mol. The van der Waals surface area contributed by atoms with Crippen molar-refractivity contribution in [2.75, 3.05) is 24.5 Å². The molecule has 1 saturated heterocycles. The number of amides is 1. The summed E-state index contributed by atoms with van der Waals surface area (Å²) in [5, 5.41) is 6.75. The molecule has 4 N–H and O–H groups in total. The Morgan fingerprint density at radius 3 is 2.84 bits per heavy atom. The highest BCUT2D eigenvalue weighted by Gasteiger charge is 2.25. The van der Waals surface area contributed by atoms with E-state index in [1.807, 2.05) is 12.1 Å². The molecule has 1 aromatic heterocycles. The quantitative estimate of drug-likeness (QED) is 0.471. The first kappa shape index (κ1) is 22.6. The predicted octanol–water partition coefficient (Wildman–Crippen LogP) is 2.66. The molecule has 1 atom stereocenters. The zero-order valence-corrected chi connectivity index (χ0v) is 18.8. The largest absolute Gasteiger partial charge is 0.369 e. The highest BCUT2D eigenvalue weighted by Crippen LogP contribution is 2.25. The van der Waals surface area contributed by atoms with Crippen LogP contribution < -0.4 is 21.3 Å². The van der Waals surface area contributed by atoms with Crippen LogP contribution in [0.4, 0.5) is 5.82 Å². The number of anilines is 1. The van der Waals surface area contributed by atoms with Crippen LogP contribution in [0, 0.1) is 19.8 Å². The number of benzene rings is 1. The van der Waals surface area contributed by atoms with Gasteiger partial charge in [0.05, 0.1) is 12.5 Å². The third kappa shape index (κ3) is 6.20. The van der Waals surface area contributed by atoms with Gasteiger partial charge in [0, 0.05) is 37.9 Å². The first-order chi connectivity index (χ1) is 15.0. The Labute approximate surface area is 185 Å². The number of nitrogens with zero attached hydrogens (tertiary/aromatic N) is 3. The van der Waals surface area contributed by atoms with Gasteiger partial charge < -0.3 is 21.3 Å². The molecule has 7 nitrogen and oxygen atoms in total. The minimum absolute atomic E-state index is 0.121. The Bertz CT molecular complexity index is 926. The molecule has 1 unspecified atom stereocenters. The van der Waals surface area contributed by atoms with Crippen molar-refractivity contribution in [3.05, 3.63) is 58.8 Å². The number of pyridine rings is 1. The maximum Gasteiger partial charge on any atom is 0.222 e. The van der Waals surface area contributed by atoms with E-state index < -0.39 is 0 Å². The topological polar surface area (TPSA) is 95.6 Å². The summed E-state index contributed by atoms with van der Waals surface area (Å²) < 4.78 is 0. The van der Waals surface area contributed by atoms with Gasteiger partial charge in [0.25, 0.3) is 0 Å². The van der Waals surface area contributed by atoms with Crippen molar-refractivity contribution < 1.29 is 4.79 Å². The van der Waals surface area contributed by atoms with E-state index in [0.717, 1.165) is 43.3 Å². The van der Waals surface area contributed by atoms with Gasteiger partial charge in [0.2, 0.25) is 5.91 Å². The second-order valence-corrected chi connectivity index (χ2v) is 8.15. The molecule has 7 heteroatoms. The minimum atomic E-state index is -0.231. The molecule has 3 rings (SSSR count). The van der Waals surface area contributed by atoms with Crippen LogP contribution in [0.15, 0.2) is 41.5 Å². The summed E-state index contributed by atoms with van der Waals surface area (Å²) in [5.41, 5.74) is 10.4. The fourth-order valence-electron chi connectivity index (χ4n) is 3.97. The second-order valence-electron chi connectivity index (χ2n) is 8.15. The van der Waals surface area contributed by atoms with Crippen LogP contribution in [-0.4, -0.2) is 36.5 Å². The number of aromatic nitrogens is 1. The summed E-state index contributed by atoms with van der Waals surface area (Å²) in [7, 11) is 0. The molecule has 0 saturated carbocycles. The monoisotopic (exact) mass is 422 g/mol. The van der Waals surface area contributed by atoms with Crippen molar-refractivity contribution in [1.82, 2.24) is 15.6 Å². The molecule has 1 aliphatic rings. The molecule has 1 aromatic carbocycles. The highest BCUT2D eigenvalue weighted by atomic mass is 16.1. The lowest BCUT2D eigenvalue weighted by molar-refractivity contribution is -0.122. The highest BCUT2D eigenvalue weighted by molar-refractivity contribution is 5.80. The number of hydrogen-bond acceptors (Lipinski definition) is 4. The fourth-order valence-corrected chi connectivity index (χ4v) is 3.97. The molecular weight excluding hydrogens is 388 g/mol. The molecule has 2 aromatic rings. The number of carbonyl (C=O) groups excluding carboxylic acids is 1. The standard InChI is InChI=1S/C24H34N6O/c1-4-26-24(28-14-19-10-9-17(2)13-18(19)3)29-15-20-7-5-11-27-23(20)30-12-6-8-21(16-30)22(25)31/h5,7,9-11,13,21H,4,6,8,12,14-16H2,1-3H3,(H2,25,31)(H2,26,28,29). The third-order valence-corrected chi connectivity index (χ3v) is 5.69. The number of rotatable bonds is 7. The van der Waals surface area contributed by atoms with Gasteiger partial charge in [-0.25, -0.2) is 9.98 Å². The van der Waals surface area contributed by atoms with Crippen molar-refractivity contribution >= 4 is 17.7 Å². The lowest BCUT2D eigenvalue weighted by Crippen LogP contribution is -2.42. The van der Waals surface area contributed by atoms with E-state index in [9.17, 15) is 4.79 Å². The first-order valence-electron chi connectivity index (χ1n) is 11.0. The van der Waals surface area contributed by atoms with Gasteiger partial charge in [-0.2, -0.15) is 0 Å². The van der Waals surface area contributed by atoms with E-state index in [-0.39, 0.29) is 11.8 Å². The number of piperidine rings is 1. The normalized spacial score (nSPS) is 16.8. The van der Waals surface area contributed by atoms with Crippen molar-refractivity contribution in [2.45, 2.75) is 46.7 Å². The van der Waals surface area contributed by atoms with Crippen LogP contribution in [0.1, 0.15) is 42.0 Å². The van der Waals surface area contributed by atoms with Gasteiger partial charge in [-0.1, -0.05) is 29.8 Å². The molecule has 2 heterocycles. The zero-order valence-electron chi connectivity index (χ0n) is 18.8. The zero-order chi connectivity index (χ0) is 22.2. The molecule has 0 radical (unpaired) electrons. The number of hydrogen-bond donors (Lipinski definition) is 3. The van der Waals surface area contributed by atoms with Crippen LogP contribution in [0.5, 0.6) is 0 Å². The van der Waals surface area contributed by atoms with E-state index in [1.165, 1.54) is 16.7 Å². The van der Waals surface area contributed by atoms with E-state index in [4.69, 9.17) is 10.7 Å². The molecule has 1 aliphatic heterocycles. The van der Waals surface area contributed by atoms with E-state index in [1.54, 1.807) is 6.20 Å². The molecule has 0 spiro atoms. The second kappa shape index (κ2) is 10.8. The number of guanidine groups is 1. The average Bonchev–Trinajstić information content (AvgIpc) is 2.77. The fraction of sp³-hybridized carbons (Fsp3) is 0.458. The van der Waals surface area contributed by atoms with Gasteiger partial charge in [0.15, 0.2) is 5.96 Å². The predicted molar refractivity (Wildman–Crippen MR) is 126 cm³/mol. The summed E-state index contributed by atoms with van der Waals surface area (Å²) in [6, 6.07) is 10.5. The summed E-state index contributed by atoms with van der Waals surface area (Å²) in [4.78, 5) is 23.2. The first-order valence-corrected chi connectivity index (χ1v) is 11.0. The molecule has 166 valence electrons. The lowest BCUT2D eigenvalue weighted by Gasteiger charge is -2.33. The van der Waals surface area contributed by atoms with Crippen molar-refractivity contribution in [3.8, 4) is 0 Å². The van der Waals surface area contributed by atoms with Crippen LogP contribution in [0.2, 0.25) is 0 Å². The van der Waals surface area contributed by atoms with Gasteiger partial charge in [-0.3, -0.25) is 4.79 Å². The maximum atomic E-state index is 11.7. The van der Waals surface area contributed by atoms with E-state index in [2.05, 4.69) is 59.5 Å². The number of aryl methyl sites for hydroxylation is 2. The number of nitrogens with one attached hydrogen (secondary N) is 2. The van der Waals surface area contributed by atoms with Gasteiger partial charge in [-0.15, -0.1) is 0 Å². The number of primary amides is 1. The molecular formula is C24H34N6O. The Morgan fingerprint density at radius 1 is 1.26 bits per heavy atom.